The predicted octanol–water partition coefficient (Wildman–Crippen LogP) is 1.40. The molecule has 0 unspecified atom stereocenters. The molecule has 0 aliphatic rings. The Morgan fingerprint density at radius 3 is 3.12 bits per heavy atom. The molecule has 3 rings (SSSR count). The number of para-hydroxylation sites is 2. The number of thiazole rings is 1. The lowest BCUT2D eigenvalue weighted by Crippen LogP contribution is -2.22. The van der Waals surface area contributed by atoms with Gasteiger partial charge in [-0.1, -0.05) is 23.5 Å². The van der Waals surface area contributed by atoms with Gasteiger partial charge < -0.3 is 4.74 Å². The van der Waals surface area contributed by atoms with Gasteiger partial charge in [0.05, 0.1) is 17.6 Å². The van der Waals surface area contributed by atoms with Crippen molar-refractivity contribution in [3.05, 3.63) is 39.2 Å². The number of aromatic nitrogens is 2. The second-order valence-electron chi connectivity index (χ2n) is 3.56. The van der Waals surface area contributed by atoms with E-state index in [1.165, 1.54) is 17.6 Å². The number of fused-ring (bicyclic) bond motifs is 3. The van der Waals surface area contributed by atoms with Crippen LogP contribution in [-0.4, -0.2) is 16.0 Å². The van der Waals surface area contributed by atoms with Crippen LogP contribution in [0.5, 0.6) is 0 Å². The Kier molecular flexibility index (Phi) is 2.33. The van der Waals surface area contributed by atoms with Gasteiger partial charge in [0, 0.05) is 0 Å². The average molecular weight is 246 g/mol. The van der Waals surface area contributed by atoms with Crippen LogP contribution in [0.2, 0.25) is 0 Å². The number of imidazole rings is 1. The maximum atomic E-state index is 12.1. The summed E-state index contributed by atoms with van der Waals surface area (Å²) in [6.45, 7) is 2.44. The van der Waals surface area contributed by atoms with Gasteiger partial charge in [-0.3, -0.25) is 4.79 Å². The van der Waals surface area contributed by atoms with Crippen molar-refractivity contribution < 1.29 is 4.74 Å². The van der Waals surface area contributed by atoms with Gasteiger partial charge in [-0.2, -0.15) is 0 Å². The summed E-state index contributed by atoms with van der Waals surface area (Å²) < 4.78 is 7.37. The van der Waals surface area contributed by atoms with Gasteiger partial charge in [-0.05, 0) is 19.1 Å². The SMILES string of the molecule is CCOC=c1sc2nc3ccccc3n2c1=O. The van der Waals surface area contributed by atoms with Crippen LogP contribution in [0, 0.1) is 0 Å². The van der Waals surface area contributed by atoms with Crippen molar-refractivity contribution in [3.8, 4) is 0 Å². The lowest BCUT2D eigenvalue weighted by molar-refractivity contribution is 0.316. The summed E-state index contributed by atoms with van der Waals surface area (Å²) in [5, 5.41) is 0. The molecule has 0 aliphatic carbocycles. The van der Waals surface area contributed by atoms with Gasteiger partial charge in [-0.25, -0.2) is 9.38 Å². The van der Waals surface area contributed by atoms with E-state index in [4.69, 9.17) is 4.74 Å². The van der Waals surface area contributed by atoms with Crippen molar-refractivity contribution in [2.24, 2.45) is 0 Å². The van der Waals surface area contributed by atoms with Crippen LogP contribution >= 0.6 is 11.3 Å². The molecule has 4 nitrogen and oxygen atoms in total. The standard InChI is InChI=1S/C12H10N2O2S/c1-2-16-7-10-11(15)14-9-6-4-3-5-8(9)13-12(14)17-10/h3-7H,2H2,1H3. The number of hydrogen-bond donors (Lipinski definition) is 0. The second kappa shape index (κ2) is 3.85. The van der Waals surface area contributed by atoms with E-state index in [1.54, 1.807) is 4.40 Å². The number of ether oxygens (including phenoxy) is 1. The molecular formula is C12H10N2O2S. The molecule has 3 aromatic rings. The third kappa shape index (κ3) is 1.51. The monoisotopic (exact) mass is 246 g/mol. The van der Waals surface area contributed by atoms with Crippen molar-refractivity contribution >= 4 is 33.6 Å². The average Bonchev–Trinajstić information content (AvgIpc) is 2.84. The topological polar surface area (TPSA) is 43.6 Å². The highest BCUT2D eigenvalue weighted by molar-refractivity contribution is 7.15. The van der Waals surface area contributed by atoms with Gasteiger partial charge in [0.1, 0.15) is 10.8 Å². The Balaban J connectivity index is 2.40. The van der Waals surface area contributed by atoms with Crippen molar-refractivity contribution in [3.63, 3.8) is 0 Å². The number of benzene rings is 1. The lowest BCUT2D eigenvalue weighted by atomic mass is 10.3. The fourth-order valence-electron chi connectivity index (χ4n) is 1.75. The predicted molar refractivity (Wildman–Crippen MR) is 68.2 cm³/mol. The minimum Gasteiger partial charge on any atom is -0.500 e. The maximum absolute atomic E-state index is 12.1. The summed E-state index contributed by atoms with van der Waals surface area (Å²) in [6.07, 6.45) is 1.51. The molecular weight excluding hydrogens is 236 g/mol. The van der Waals surface area contributed by atoms with E-state index in [9.17, 15) is 4.79 Å². The molecule has 0 bridgehead atoms. The highest BCUT2D eigenvalue weighted by Crippen LogP contribution is 2.15. The Bertz CT molecular complexity index is 788. The van der Waals surface area contributed by atoms with Crippen LogP contribution in [0.15, 0.2) is 29.1 Å². The molecule has 0 aliphatic heterocycles. The van der Waals surface area contributed by atoms with Gasteiger partial charge in [0.2, 0.25) is 0 Å². The molecule has 0 saturated carbocycles. The van der Waals surface area contributed by atoms with E-state index < -0.39 is 0 Å². The normalized spacial score (nSPS) is 12.6. The van der Waals surface area contributed by atoms with E-state index in [0.717, 1.165) is 11.0 Å². The molecule has 2 heterocycles. The molecule has 0 N–H and O–H groups in total. The molecule has 0 atom stereocenters. The molecule has 0 radical (unpaired) electrons. The smallest absolute Gasteiger partial charge is 0.278 e. The Labute approximate surface area is 101 Å². The molecule has 5 heteroatoms. The Hall–Kier alpha value is -1.88. The molecule has 17 heavy (non-hydrogen) atoms. The molecule has 0 fully saturated rings. The van der Waals surface area contributed by atoms with Crippen LogP contribution in [0.1, 0.15) is 6.92 Å². The molecule has 0 saturated heterocycles. The van der Waals surface area contributed by atoms with E-state index in [1.807, 2.05) is 31.2 Å². The summed E-state index contributed by atoms with van der Waals surface area (Å²) in [4.78, 5) is 17.3. The summed E-state index contributed by atoms with van der Waals surface area (Å²) in [5.74, 6) is 0. The van der Waals surface area contributed by atoms with Crippen molar-refractivity contribution in [1.82, 2.24) is 9.38 Å². The summed E-state index contributed by atoms with van der Waals surface area (Å²) in [5.41, 5.74) is 1.63. The van der Waals surface area contributed by atoms with Crippen LogP contribution in [-0.2, 0) is 4.74 Å². The number of nitrogens with zero attached hydrogens (tertiary/aromatic N) is 2. The summed E-state index contributed by atoms with van der Waals surface area (Å²) >= 11 is 1.35. The van der Waals surface area contributed by atoms with Crippen LogP contribution in [0.25, 0.3) is 22.3 Å². The van der Waals surface area contributed by atoms with E-state index in [0.29, 0.717) is 16.1 Å². The number of rotatable bonds is 2. The first-order valence-corrected chi connectivity index (χ1v) is 6.14. The van der Waals surface area contributed by atoms with Gasteiger partial charge in [0.25, 0.3) is 5.56 Å². The minimum atomic E-state index is -0.0628. The zero-order valence-electron chi connectivity index (χ0n) is 9.21. The first-order valence-electron chi connectivity index (χ1n) is 5.33. The van der Waals surface area contributed by atoms with Crippen LogP contribution in [0.4, 0.5) is 0 Å². The highest BCUT2D eigenvalue weighted by atomic mass is 32.1. The Morgan fingerprint density at radius 2 is 2.29 bits per heavy atom. The maximum Gasteiger partial charge on any atom is 0.278 e. The molecule has 0 amide bonds. The fraction of sp³-hybridized carbons (Fsp3) is 0.167. The van der Waals surface area contributed by atoms with Gasteiger partial charge in [0.15, 0.2) is 4.96 Å². The van der Waals surface area contributed by atoms with E-state index >= 15 is 0 Å². The zero-order valence-corrected chi connectivity index (χ0v) is 10.0. The summed E-state index contributed by atoms with van der Waals surface area (Å²) in [7, 11) is 0. The molecule has 2 aromatic heterocycles. The lowest BCUT2D eigenvalue weighted by Gasteiger charge is -1.88. The third-order valence-corrected chi connectivity index (χ3v) is 3.45. The molecule has 86 valence electrons. The van der Waals surface area contributed by atoms with Crippen LogP contribution < -0.4 is 10.1 Å². The second-order valence-corrected chi connectivity index (χ2v) is 4.57. The zero-order chi connectivity index (χ0) is 11.8. The third-order valence-electron chi connectivity index (χ3n) is 2.50. The molecule has 1 aromatic carbocycles. The van der Waals surface area contributed by atoms with Crippen molar-refractivity contribution in [1.29, 1.82) is 0 Å². The largest absolute Gasteiger partial charge is 0.500 e. The number of hydrogen-bond acceptors (Lipinski definition) is 4. The van der Waals surface area contributed by atoms with Gasteiger partial charge >= 0.3 is 0 Å². The molecule has 0 spiro atoms. The van der Waals surface area contributed by atoms with Crippen molar-refractivity contribution in [2.75, 3.05) is 6.61 Å². The highest BCUT2D eigenvalue weighted by Gasteiger charge is 2.10. The quantitative estimate of drug-likeness (QED) is 0.686. The minimum absolute atomic E-state index is 0.0628. The first-order chi connectivity index (χ1) is 8.31. The van der Waals surface area contributed by atoms with Gasteiger partial charge in [-0.15, -0.1) is 0 Å². The van der Waals surface area contributed by atoms with E-state index in [-0.39, 0.29) is 5.56 Å². The fourth-order valence-corrected chi connectivity index (χ4v) is 2.66. The Morgan fingerprint density at radius 1 is 1.47 bits per heavy atom. The van der Waals surface area contributed by atoms with E-state index in [2.05, 4.69) is 4.98 Å². The first kappa shape index (κ1) is 10.3. The summed E-state index contributed by atoms with van der Waals surface area (Å²) in [6, 6.07) is 7.62. The van der Waals surface area contributed by atoms with Crippen LogP contribution in [0.3, 0.4) is 0 Å². The van der Waals surface area contributed by atoms with Crippen molar-refractivity contribution in [2.45, 2.75) is 6.92 Å².